The second-order valence-corrected chi connectivity index (χ2v) is 3.78. The van der Waals surface area contributed by atoms with Gasteiger partial charge in [0, 0.05) is 12.3 Å². The lowest BCUT2D eigenvalue weighted by molar-refractivity contribution is -0.0790. The molecule has 0 radical (unpaired) electrons. The van der Waals surface area contributed by atoms with Gasteiger partial charge in [0.05, 0.1) is 17.3 Å². The van der Waals surface area contributed by atoms with Crippen molar-refractivity contribution in [2.24, 2.45) is 0 Å². The highest BCUT2D eigenvalue weighted by atomic mass is 19.4. The maximum atomic E-state index is 12.0. The highest BCUT2D eigenvalue weighted by molar-refractivity contribution is 6.00. The van der Waals surface area contributed by atoms with E-state index in [4.69, 9.17) is 0 Å². The Labute approximate surface area is 101 Å². The second-order valence-electron chi connectivity index (χ2n) is 3.78. The van der Waals surface area contributed by atoms with E-state index >= 15 is 0 Å². The van der Waals surface area contributed by atoms with Crippen LogP contribution in [0.3, 0.4) is 0 Å². The van der Waals surface area contributed by atoms with Crippen LogP contribution in [0.25, 0.3) is 11.6 Å². The molecule has 2 aromatic heterocycles. The molecular weight excluding hydrogens is 245 g/mol. The number of halogens is 3. The molecule has 0 spiro atoms. The van der Waals surface area contributed by atoms with Crippen molar-refractivity contribution in [1.82, 2.24) is 9.61 Å². The fourth-order valence-electron chi connectivity index (χ4n) is 1.56. The van der Waals surface area contributed by atoms with Gasteiger partial charge in [0.1, 0.15) is 0 Å². The summed E-state index contributed by atoms with van der Waals surface area (Å²) in [4.78, 5) is 11.2. The Morgan fingerprint density at radius 1 is 1.39 bits per heavy atom. The van der Waals surface area contributed by atoms with Gasteiger partial charge in [0.25, 0.3) is 0 Å². The summed E-state index contributed by atoms with van der Waals surface area (Å²) in [5.41, 5.74) is 1.38. The molecule has 0 aliphatic carbocycles. The SMILES string of the molecule is CC(=O)c1cnn2cc(/C=C/C(F)(F)F)ccc12. The Morgan fingerprint density at radius 2 is 2.11 bits per heavy atom. The molecule has 3 nitrogen and oxygen atoms in total. The fraction of sp³-hybridized carbons (Fsp3) is 0.167. The van der Waals surface area contributed by atoms with Crippen LogP contribution in [0.5, 0.6) is 0 Å². The Hall–Kier alpha value is -2.11. The number of ketones is 1. The van der Waals surface area contributed by atoms with Crippen LogP contribution in [-0.2, 0) is 0 Å². The molecule has 0 amide bonds. The van der Waals surface area contributed by atoms with Crippen LogP contribution in [0.15, 0.2) is 30.6 Å². The number of allylic oxidation sites excluding steroid dienone is 1. The highest BCUT2D eigenvalue weighted by Gasteiger charge is 2.21. The number of rotatable bonds is 2. The Morgan fingerprint density at radius 3 is 2.72 bits per heavy atom. The van der Waals surface area contributed by atoms with Crippen LogP contribution in [0.4, 0.5) is 13.2 Å². The summed E-state index contributed by atoms with van der Waals surface area (Å²) >= 11 is 0. The summed E-state index contributed by atoms with van der Waals surface area (Å²) in [7, 11) is 0. The lowest BCUT2D eigenvalue weighted by Gasteiger charge is -2.00. The highest BCUT2D eigenvalue weighted by Crippen LogP contribution is 2.19. The van der Waals surface area contributed by atoms with Crippen LogP contribution in [-0.4, -0.2) is 21.6 Å². The monoisotopic (exact) mass is 254 g/mol. The predicted molar refractivity (Wildman–Crippen MR) is 60.3 cm³/mol. The maximum Gasteiger partial charge on any atom is 0.409 e. The molecular formula is C12H9F3N2O. The van der Waals surface area contributed by atoms with E-state index in [1.165, 1.54) is 29.9 Å². The van der Waals surface area contributed by atoms with E-state index in [0.717, 1.165) is 6.08 Å². The van der Waals surface area contributed by atoms with Crippen molar-refractivity contribution < 1.29 is 18.0 Å². The largest absolute Gasteiger partial charge is 0.409 e. The Balaban J connectivity index is 2.41. The van der Waals surface area contributed by atoms with E-state index in [1.54, 1.807) is 6.07 Å². The Bertz CT molecular complexity index is 626. The molecule has 0 bridgehead atoms. The molecule has 2 heterocycles. The molecule has 2 aromatic rings. The molecule has 0 aliphatic rings. The van der Waals surface area contributed by atoms with Gasteiger partial charge < -0.3 is 0 Å². The van der Waals surface area contributed by atoms with Gasteiger partial charge in [-0.2, -0.15) is 18.3 Å². The minimum Gasteiger partial charge on any atom is -0.294 e. The molecule has 2 rings (SSSR count). The van der Waals surface area contributed by atoms with Gasteiger partial charge in [-0.25, -0.2) is 4.52 Å². The number of aromatic nitrogens is 2. The van der Waals surface area contributed by atoms with E-state index in [9.17, 15) is 18.0 Å². The van der Waals surface area contributed by atoms with Gasteiger partial charge in [-0.3, -0.25) is 4.79 Å². The third kappa shape index (κ3) is 2.58. The summed E-state index contributed by atoms with van der Waals surface area (Å²) < 4.78 is 37.4. The molecule has 0 atom stereocenters. The number of fused-ring (bicyclic) bond motifs is 1. The van der Waals surface area contributed by atoms with E-state index < -0.39 is 6.18 Å². The van der Waals surface area contributed by atoms with Crippen molar-refractivity contribution in [1.29, 1.82) is 0 Å². The number of nitrogens with zero attached hydrogens (tertiary/aromatic N) is 2. The quantitative estimate of drug-likeness (QED) is 0.772. The van der Waals surface area contributed by atoms with Crippen molar-refractivity contribution in [2.45, 2.75) is 13.1 Å². The molecule has 18 heavy (non-hydrogen) atoms. The summed E-state index contributed by atoms with van der Waals surface area (Å²) in [6, 6.07) is 3.07. The van der Waals surface area contributed by atoms with Crippen molar-refractivity contribution >= 4 is 17.4 Å². The van der Waals surface area contributed by atoms with E-state index in [-0.39, 0.29) is 11.9 Å². The van der Waals surface area contributed by atoms with E-state index in [0.29, 0.717) is 16.6 Å². The molecule has 0 saturated carbocycles. The number of alkyl halides is 3. The molecule has 0 N–H and O–H groups in total. The summed E-state index contributed by atoms with van der Waals surface area (Å²) in [5.74, 6) is -0.136. The number of carbonyl (C=O) groups excluding carboxylic acids is 1. The number of pyridine rings is 1. The van der Waals surface area contributed by atoms with Gasteiger partial charge in [0.15, 0.2) is 5.78 Å². The average molecular weight is 254 g/mol. The van der Waals surface area contributed by atoms with E-state index in [1.807, 2.05) is 0 Å². The van der Waals surface area contributed by atoms with Gasteiger partial charge >= 0.3 is 6.18 Å². The van der Waals surface area contributed by atoms with Gasteiger partial charge in [-0.05, 0) is 24.6 Å². The van der Waals surface area contributed by atoms with Gasteiger partial charge in [-0.15, -0.1) is 0 Å². The van der Waals surface area contributed by atoms with Gasteiger partial charge in [-0.1, -0.05) is 6.07 Å². The van der Waals surface area contributed by atoms with Crippen LogP contribution in [0.2, 0.25) is 0 Å². The lowest BCUT2D eigenvalue weighted by Crippen LogP contribution is -2.00. The minimum atomic E-state index is -4.34. The molecule has 0 fully saturated rings. The zero-order valence-corrected chi connectivity index (χ0v) is 9.40. The van der Waals surface area contributed by atoms with Crippen molar-refractivity contribution in [2.75, 3.05) is 0 Å². The van der Waals surface area contributed by atoms with Crippen molar-refractivity contribution in [3.05, 3.63) is 41.7 Å². The average Bonchev–Trinajstić information content (AvgIpc) is 2.68. The number of carbonyl (C=O) groups is 1. The first kappa shape index (κ1) is 12.3. The summed E-state index contributed by atoms with van der Waals surface area (Å²) in [6.45, 7) is 1.41. The third-order valence-corrected chi connectivity index (χ3v) is 2.38. The zero-order chi connectivity index (χ0) is 13.3. The van der Waals surface area contributed by atoms with Crippen LogP contribution < -0.4 is 0 Å². The van der Waals surface area contributed by atoms with Crippen molar-refractivity contribution in [3.8, 4) is 0 Å². The number of Topliss-reactive ketones (excluding diaryl/α,β-unsaturated/α-hetero) is 1. The predicted octanol–water partition coefficient (Wildman–Crippen LogP) is 3.11. The topological polar surface area (TPSA) is 34.4 Å². The normalized spacial score (nSPS) is 12.4. The minimum absolute atomic E-state index is 0.136. The molecule has 94 valence electrons. The summed E-state index contributed by atoms with van der Waals surface area (Å²) in [6.07, 6.45) is -0.402. The number of hydrogen-bond donors (Lipinski definition) is 0. The van der Waals surface area contributed by atoms with Crippen LogP contribution in [0, 0.1) is 0 Å². The van der Waals surface area contributed by atoms with E-state index in [2.05, 4.69) is 5.10 Å². The number of hydrogen-bond acceptors (Lipinski definition) is 2. The van der Waals surface area contributed by atoms with Crippen LogP contribution >= 0.6 is 0 Å². The molecule has 6 heteroatoms. The zero-order valence-electron chi connectivity index (χ0n) is 9.40. The standard InChI is InChI=1S/C12H9F3N2O/c1-8(18)10-6-16-17-7-9(2-3-11(10)17)4-5-12(13,14)15/h2-7H,1H3/b5-4+. The first-order valence-electron chi connectivity index (χ1n) is 5.11. The first-order chi connectivity index (χ1) is 8.37. The molecule has 0 aromatic carbocycles. The molecule has 0 aliphatic heterocycles. The Kier molecular flexibility index (Phi) is 2.94. The lowest BCUT2D eigenvalue weighted by atomic mass is 10.2. The van der Waals surface area contributed by atoms with Crippen LogP contribution in [0.1, 0.15) is 22.8 Å². The molecule has 0 saturated heterocycles. The third-order valence-electron chi connectivity index (χ3n) is 2.38. The second kappa shape index (κ2) is 4.29. The summed E-state index contributed by atoms with van der Waals surface area (Å²) in [5, 5.41) is 3.93. The van der Waals surface area contributed by atoms with Gasteiger partial charge in [0.2, 0.25) is 0 Å². The molecule has 0 unspecified atom stereocenters. The fourth-order valence-corrected chi connectivity index (χ4v) is 1.56. The smallest absolute Gasteiger partial charge is 0.294 e. The maximum absolute atomic E-state index is 12.0. The van der Waals surface area contributed by atoms with Crippen molar-refractivity contribution in [3.63, 3.8) is 0 Å². The first-order valence-corrected chi connectivity index (χ1v) is 5.11.